The Hall–Kier alpha value is -1.84. The largest absolute Gasteiger partial charge is 0.299 e. The van der Waals surface area contributed by atoms with Crippen LogP contribution in [0.25, 0.3) is 5.69 Å². The highest BCUT2D eigenvalue weighted by atomic mass is 32.2. The van der Waals surface area contributed by atoms with Gasteiger partial charge in [0.25, 0.3) is 0 Å². The van der Waals surface area contributed by atoms with E-state index >= 15 is 0 Å². The second-order valence-corrected chi connectivity index (χ2v) is 8.44. The van der Waals surface area contributed by atoms with Crippen molar-refractivity contribution in [3.63, 3.8) is 0 Å². The number of benzene rings is 1. The summed E-state index contributed by atoms with van der Waals surface area (Å²) in [4.78, 5) is 2.56. The molecule has 0 radical (unpaired) electrons. The van der Waals surface area contributed by atoms with E-state index in [0.717, 1.165) is 19.0 Å². The van der Waals surface area contributed by atoms with Gasteiger partial charge in [0.15, 0.2) is 0 Å². The van der Waals surface area contributed by atoms with Crippen LogP contribution in [0, 0.1) is 5.92 Å². The Bertz CT molecular complexity index is 785. The van der Waals surface area contributed by atoms with Crippen LogP contribution in [0.4, 0.5) is 0 Å². The van der Waals surface area contributed by atoms with Crippen LogP contribution in [0.15, 0.2) is 35.5 Å². The van der Waals surface area contributed by atoms with Gasteiger partial charge in [-0.2, -0.15) is 0 Å². The molecule has 1 atom stereocenters. The first kappa shape index (κ1) is 18.0. The first-order valence-corrected chi connectivity index (χ1v) is 10.0. The van der Waals surface area contributed by atoms with E-state index in [2.05, 4.69) is 39.0 Å². The van der Waals surface area contributed by atoms with Crippen LogP contribution in [0.3, 0.4) is 0 Å². The molecule has 25 heavy (non-hydrogen) atoms. The van der Waals surface area contributed by atoms with E-state index in [4.69, 9.17) is 0 Å². The number of sulfonamides is 1. The standard InChI is InChI=1S/C16H24N6O2S/c1-13-6-8-21(9-7-13)14(2)11-18-25(23,24)16-5-3-4-15(10-16)22-12-17-19-20-22/h3-5,10,12-14,18H,6-9,11H2,1-2H3. The lowest BCUT2D eigenvalue weighted by atomic mass is 9.98. The summed E-state index contributed by atoms with van der Waals surface area (Å²) in [5.74, 6) is 0.758. The molecule has 0 aliphatic carbocycles. The molecule has 136 valence electrons. The maximum absolute atomic E-state index is 12.6. The first-order valence-electron chi connectivity index (χ1n) is 8.53. The first-order chi connectivity index (χ1) is 12.0. The molecule has 1 saturated heterocycles. The fourth-order valence-electron chi connectivity index (χ4n) is 2.98. The van der Waals surface area contributed by atoms with Crippen molar-refractivity contribution < 1.29 is 8.42 Å². The summed E-state index contributed by atoms with van der Waals surface area (Å²) in [6.45, 7) is 6.78. The molecule has 1 aliphatic rings. The third kappa shape index (κ3) is 4.42. The van der Waals surface area contributed by atoms with Crippen LogP contribution in [0.2, 0.25) is 0 Å². The molecule has 1 aromatic carbocycles. The fourth-order valence-corrected chi connectivity index (χ4v) is 4.15. The molecule has 2 heterocycles. The molecular formula is C16H24N6O2S. The van der Waals surface area contributed by atoms with Crippen molar-refractivity contribution in [2.75, 3.05) is 19.6 Å². The number of tetrazole rings is 1. The monoisotopic (exact) mass is 364 g/mol. The zero-order chi connectivity index (χ0) is 17.9. The number of nitrogens with one attached hydrogen (secondary N) is 1. The third-order valence-corrected chi connectivity index (χ3v) is 6.17. The Morgan fingerprint density at radius 2 is 2.08 bits per heavy atom. The van der Waals surface area contributed by atoms with Crippen LogP contribution in [-0.4, -0.2) is 59.2 Å². The number of nitrogens with zero attached hydrogens (tertiary/aromatic N) is 5. The van der Waals surface area contributed by atoms with Crippen LogP contribution in [0.1, 0.15) is 26.7 Å². The number of piperidine rings is 1. The van der Waals surface area contributed by atoms with E-state index in [9.17, 15) is 8.42 Å². The number of hydrogen-bond donors (Lipinski definition) is 1. The molecular weight excluding hydrogens is 340 g/mol. The number of likely N-dealkylation sites (tertiary alicyclic amines) is 1. The molecule has 1 aromatic heterocycles. The highest BCUT2D eigenvalue weighted by molar-refractivity contribution is 7.89. The summed E-state index contributed by atoms with van der Waals surface area (Å²) in [5, 5.41) is 10.9. The van der Waals surface area contributed by atoms with Crippen molar-refractivity contribution in [2.45, 2.75) is 37.6 Å². The van der Waals surface area contributed by atoms with Gasteiger partial charge in [0.1, 0.15) is 6.33 Å². The van der Waals surface area contributed by atoms with Gasteiger partial charge in [-0.25, -0.2) is 17.8 Å². The van der Waals surface area contributed by atoms with E-state index in [1.807, 2.05) is 0 Å². The smallest absolute Gasteiger partial charge is 0.240 e. The van der Waals surface area contributed by atoms with Gasteiger partial charge in [0, 0.05) is 12.6 Å². The van der Waals surface area contributed by atoms with E-state index in [-0.39, 0.29) is 10.9 Å². The molecule has 3 rings (SSSR count). The second kappa shape index (κ2) is 7.59. The molecule has 0 spiro atoms. The van der Waals surface area contributed by atoms with Gasteiger partial charge in [-0.1, -0.05) is 13.0 Å². The second-order valence-electron chi connectivity index (χ2n) is 6.67. The van der Waals surface area contributed by atoms with Crippen molar-refractivity contribution in [1.82, 2.24) is 29.8 Å². The van der Waals surface area contributed by atoms with E-state index in [0.29, 0.717) is 12.2 Å². The molecule has 0 amide bonds. The molecule has 1 unspecified atom stereocenters. The molecule has 0 bridgehead atoms. The molecule has 1 N–H and O–H groups in total. The van der Waals surface area contributed by atoms with Crippen molar-refractivity contribution in [2.24, 2.45) is 5.92 Å². The maximum atomic E-state index is 12.6. The highest BCUT2D eigenvalue weighted by Gasteiger charge is 2.22. The topological polar surface area (TPSA) is 93.0 Å². The van der Waals surface area contributed by atoms with E-state index < -0.39 is 10.0 Å². The van der Waals surface area contributed by atoms with Gasteiger partial charge in [-0.3, -0.25) is 4.90 Å². The lowest BCUT2D eigenvalue weighted by molar-refractivity contribution is 0.148. The summed E-state index contributed by atoms with van der Waals surface area (Å²) < 4.78 is 29.4. The van der Waals surface area contributed by atoms with Crippen LogP contribution in [0.5, 0.6) is 0 Å². The minimum atomic E-state index is -3.58. The van der Waals surface area contributed by atoms with Crippen molar-refractivity contribution in [3.8, 4) is 5.69 Å². The minimum absolute atomic E-state index is 0.171. The number of aromatic nitrogens is 4. The van der Waals surface area contributed by atoms with Gasteiger partial charge in [0.2, 0.25) is 10.0 Å². The third-order valence-electron chi connectivity index (χ3n) is 4.75. The summed E-state index contributed by atoms with van der Waals surface area (Å²) in [5.41, 5.74) is 0.603. The molecule has 9 heteroatoms. The quantitative estimate of drug-likeness (QED) is 0.824. The Morgan fingerprint density at radius 3 is 2.76 bits per heavy atom. The Kier molecular flexibility index (Phi) is 5.45. The summed E-state index contributed by atoms with van der Waals surface area (Å²) in [6.07, 6.45) is 3.77. The molecule has 1 aliphatic heterocycles. The van der Waals surface area contributed by atoms with Gasteiger partial charge >= 0.3 is 0 Å². The number of hydrogen-bond acceptors (Lipinski definition) is 6. The van der Waals surface area contributed by atoms with Crippen molar-refractivity contribution in [1.29, 1.82) is 0 Å². The summed E-state index contributed by atoms with van der Waals surface area (Å²) in [6, 6.07) is 6.74. The Balaban J connectivity index is 1.65. The SMILES string of the molecule is CC1CCN(C(C)CNS(=O)(=O)c2cccc(-n3cnnn3)c2)CC1. The zero-order valence-electron chi connectivity index (χ0n) is 14.5. The Morgan fingerprint density at radius 1 is 1.32 bits per heavy atom. The highest BCUT2D eigenvalue weighted by Crippen LogP contribution is 2.18. The molecule has 2 aromatic rings. The zero-order valence-corrected chi connectivity index (χ0v) is 15.4. The normalized spacial score (nSPS) is 18.3. The minimum Gasteiger partial charge on any atom is -0.299 e. The average Bonchev–Trinajstić information content (AvgIpc) is 3.15. The van der Waals surface area contributed by atoms with E-state index in [1.165, 1.54) is 23.9 Å². The van der Waals surface area contributed by atoms with Gasteiger partial charge < -0.3 is 0 Å². The molecule has 8 nitrogen and oxygen atoms in total. The molecule has 0 saturated carbocycles. The van der Waals surface area contributed by atoms with Crippen molar-refractivity contribution in [3.05, 3.63) is 30.6 Å². The van der Waals surface area contributed by atoms with Crippen LogP contribution in [-0.2, 0) is 10.0 Å². The van der Waals surface area contributed by atoms with Crippen LogP contribution < -0.4 is 4.72 Å². The average molecular weight is 364 g/mol. The Labute approximate surface area is 148 Å². The number of rotatable bonds is 6. The predicted molar refractivity (Wildman–Crippen MR) is 93.8 cm³/mol. The summed E-state index contributed by atoms with van der Waals surface area (Å²) in [7, 11) is -3.58. The van der Waals surface area contributed by atoms with E-state index in [1.54, 1.807) is 24.3 Å². The van der Waals surface area contributed by atoms with Crippen LogP contribution >= 0.6 is 0 Å². The lowest BCUT2D eigenvalue weighted by Crippen LogP contribution is -2.45. The predicted octanol–water partition coefficient (Wildman–Crippen LogP) is 1.06. The fraction of sp³-hybridized carbons (Fsp3) is 0.562. The molecule has 1 fully saturated rings. The summed E-state index contributed by atoms with van der Waals surface area (Å²) >= 11 is 0. The maximum Gasteiger partial charge on any atom is 0.240 e. The van der Waals surface area contributed by atoms with Gasteiger partial charge in [0.05, 0.1) is 10.6 Å². The van der Waals surface area contributed by atoms with Crippen molar-refractivity contribution >= 4 is 10.0 Å². The van der Waals surface area contributed by atoms with Gasteiger partial charge in [-0.05, 0) is 67.4 Å². The lowest BCUT2D eigenvalue weighted by Gasteiger charge is -2.34. The van der Waals surface area contributed by atoms with Gasteiger partial charge in [-0.15, -0.1) is 5.10 Å².